The normalized spacial score (nSPS) is 25.6. The van der Waals surface area contributed by atoms with E-state index >= 15 is 0 Å². The molecule has 1 atom stereocenters. The highest BCUT2D eigenvalue weighted by Crippen LogP contribution is 2.75. The van der Waals surface area contributed by atoms with Crippen LogP contribution in [0.5, 0.6) is 0 Å². The lowest BCUT2D eigenvalue weighted by Crippen LogP contribution is -2.10. The maximum absolute atomic E-state index is 5.56. The van der Waals surface area contributed by atoms with Crippen LogP contribution in [0.4, 0.5) is 0 Å². The third-order valence-corrected chi connectivity index (χ3v) is 6.86. The first kappa shape index (κ1) is 16.3. The molecule has 0 amide bonds. The number of pyridine rings is 1. The van der Waals surface area contributed by atoms with E-state index in [1.54, 1.807) is 6.20 Å². The van der Waals surface area contributed by atoms with E-state index in [-0.39, 0.29) is 6.04 Å². The maximum atomic E-state index is 5.56. The van der Waals surface area contributed by atoms with Gasteiger partial charge in [-0.3, -0.25) is 14.5 Å². The van der Waals surface area contributed by atoms with Crippen LogP contribution in [0.2, 0.25) is 0 Å². The smallest absolute Gasteiger partial charge is 0.181 e. The molecule has 0 N–H and O–H groups in total. The minimum Gasteiger partial charge on any atom is -0.442 e. The molecule has 1 aromatic carbocycles. The first-order valence-electron chi connectivity index (χ1n) is 10.4. The summed E-state index contributed by atoms with van der Waals surface area (Å²) >= 11 is 0. The first-order chi connectivity index (χ1) is 14.7. The average Bonchev–Trinajstić information content (AvgIpc) is 3.48. The molecule has 0 saturated heterocycles. The fourth-order valence-corrected chi connectivity index (χ4v) is 4.92. The van der Waals surface area contributed by atoms with Crippen LogP contribution in [0.3, 0.4) is 0 Å². The van der Waals surface area contributed by atoms with E-state index in [9.17, 15) is 0 Å². The number of imidazole rings is 1. The molecular weight excluding hydrogens is 374 g/mol. The molecule has 6 heteroatoms. The number of aliphatic imine (C=N–C) groups is 1. The summed E-state index contributed by atoms with van der Waals surface area (Å²) in [4.78, 5) is 18.5. The zero-order valence-electron chi connectivity index (χ0n) is 16.5. The van der Waals surface area contributed by atoms with Crippen molar-refractivity contribution in [3.63, 3.8) is 0 Å². The van der Waals surface area contributed by atoms with E-state index in [0.29, 0.717) is 11.2 Å². The fraction of sp³-hybridized carbons (Fsp3) is 0.250. The Bertz CT molecular complexity index is 1310. The molecule has 30 heavy (non-hydrogen) atoms. The molecule has 6 nitrogen and oxygen atoms in total. The van der Waals surface area contributed by atoms with Gasteiger partial charge in [0.2, 0.25) is 0 Å². The van der Waals surface area contributed by atoms with Crippen LogP contribution in [0, 0.1) is 5.92 Å². The van der Waals surface area contributed by atoms with Gasteiger partial charge in [0.25, 0.3) is 0 Å². The van der Waals surface area contributed by atoms with Gasteiger partial charge in [0.15, 0.2) is 12.2 Å². The van der Waals surface area contributed by atoms with E-state index in [2.05, 4.69) is 44.6 Å². The number of benzene rings is 1. The predicted octanol–water partition coefficient (Wildman–Crippen LogP) is 4.50. The van der Waals surface area contributed by atoms with E-state index in [4.69, 9.17) is 9.41 Å². The Balaban J connectivity index is 1.49. The second-order valence-electron chi connectivity index (χ2n) is 8.58. The Kier molecular flexibility index (Phi) is 3.00. The molecule has 3 aromatic heterocycles. The van der Waals surface area contributed by atoms with E-state index in [1.807, 2.05) is 30.7 Å². The van der Waals surface area contributed by atoms with Gasteiger partial charge in [0.1, 0.15) is 12.0 Å². The maximum Gasteiger partial charge on any atom is 0.181 e. The molecule has 146 valence electrons. The molecule has 4 heterocycles. The van der Waals surface area contributed by atoms with Gasteiger partial charge in [-0.25, -0.2) is 9.97 Å². The summed E-state index contributed by atoms with van der Waals surface area (Å²) in [5, 5.41) is 0. The summed E-state index contributed by atoms with van der Waals surface area (Å²) in [6.45, 7) is 2.10. The molecule has 0 spiro atoms. The van der Waals surface area contributed by atoms with Crippen LogP contribution in [0.25, 0.3) is 17.1 Å². The van der Waals surface area contributed by atoms with E-state index < -0.39 is 0 Å². The number of hydrogen-bond acceptors (Lipinski definition) is 5. The molecule has 1 aliphatic heterocycles. The van der Waals surface area contributed by atoms with Gasteiger partial charge < -0.3 is 4.42 Å². The van der Waals surface area contributed by atoms with E-state index in [0.717, 1.165) is 40.0 Å². The number of aromatic nitrogens is 4. The van der Waals surface area contributed by atoms with Crippen molar-refractivity contribution in [1.29, 1.82) is 0 Å². The number of fused-ring (bicyclic) bond motifs is 4. The highest BCUT2D eigenvalue weighted by Gasteiger charge is 2.70. The van der Waals surface area contributed by atoms with Gasteiger partial charge in [-0.2, -0.15) is 0 Å². The summed E-state index contributed by atoms with van der Waals surface area (Å²) < 4.78 is 7.71. The molecule has 2 saturated carbocycles. The zero-order valence-corrected chi connectivity index (χ0v) is 16.5. The predicted molar refractivity (Wildman–Crippen MR) is 112 cm³/mol. The van der Waals surface area contributed by atoms with Crippen LogP contribution in [-0.4, -0.2) is 25.2 Å². The van der Waals surface area contributed by atoms with Crippen molar-refractivity contribution in [1.82, 2.24) is 19.5 Å². The van der Waals surface area contributed by atoms with Gasteiger partial charge in [0, 0.05) is 11.8 Å². The highest BCUT2D eigenvalue weighted by molar-refractivity contribution is 6.14. The number of rotatable bonds is 3. The Hall–Kier alpha value is -3.54. The highest BCUT2D eigenvalue weighted by atomic mass is 16.3. The molecule has 0 bridgehead atoms. The first-order valence-corrected chi connectivity index (χ1v) is 10.4. The largest absolute Gasteiger partial charge is 0.442 e. The minimum absolute atomic E-state index is 0.117. The molecule has 3 aliphatic rings. The second-order valence-corrected chi connectivity index (χ2v) is 8.58. The van der Waals surface area contributed by atoms with Crippen LogP contribution < -0.4 is 0 Å². The lowest BCUT2D eigenvalue weighted by Gasteiger charge is -2.14. The monoisotopic (exact) mass is 393 g/mol. The van der Waals surface area contributed by atoms with Gasteiger partial charge in [-0.15, -0.1) is 0 Å². The van der Waals surface area contributed by atoms with Gasteiger partial charge in [-0.1, -0.05) is 12.1 Å². The van der Waals surface area contributed by atoms with Gasteiger partial charge >= 0.3 is 0 Å². The number of nitrogens with zero attached hydrogens (tertiary/aromatic N) is 5. The zero-order chi connectivity index (χ0) is 19.9. The van der Waals surface area contributed by atoms with Crippen molar-refractivity contribution in [2.75, 3.05) is 0 Å². The average molecular weight is 393 g/mol. The van der Waals surface area contributed by atoms with Crippen LogP contribution in [0.1, 0.15) is 48.3 Å². The van der Waals surface area contributed by atoms with Crippen LogP contribution in [-0.2, 0) is 5.41 Å². The minimum atomic E-state index is -0.117. The van der Waals surface area contributed by atoms with Crippen molar-refractivity contribution in [3.8, 4) is 17.1 Å². The molecule has 2 fully saturated rings. The standard InChI is InChI=1S/C24H19N5O/c1-14-23-22(20-11-25-13-30-20)27-12-29(23)19-6-5-15(24-9-16(24)10-24)8-17(19)21(28-14)18-4-2-3-7-26-18/h2-8,11-14,16H,9-10H2,1H3/t14-,16?,24?/m1/s1. The second kappa shape index (κ2) is 5.53. The van der Waals surface area contributed by atoms with Crippen molar-refractivity contribution < 1.29 is 4.42 Å². The molecular formula is C24H19N5O. The Morgan fingerprint density at radius 1 is 1.13 bits per heavy atom. The van der Waals surface area contributed by atoms with Crippen molar-refractivity contribution >= 4 is 5.71 Å². The van der Waals surface area contributed by atoms with Crippen LogP contribution >= 0.6 is 0 Å². The Morgan fingerprint density at radius 3 is 2.77 bits per heavy atom. The Morgan fingerprint density at radius 2 is 2.03 bits per heavy atom. The quantitative estimate of drug-likeness (QED) is 0.514. The summed E-state index contributed by atoms with van der Waals surface area (Å²) in [7, 11) is 0. The van der Waals surface area contributed by atoms with Gasteiger partial charge in [0.05, 0.1) is 35.0 Å². The summed E-state index contributed by atoms with van der Waals surface area (Å²) in [6, 6.07) is 12.7. The topological polar surface area (TPSA) is 69.1 Å². The van der Waals surface area contributed by atoms with Gasteiger partial charge in [-0.05, 0) is 60.9 Å². The lowest BCUT2D eigenvalue weighted by atomic mass is 9.96. The molecule has 0 radical (unpaired) electrons. The number of hydrogen-bond donors (Lipinski definition) is 0. The summed E-state index contributed by atoms with van der Waals surface area (Å²) in [5.74, 6) is 1.54. The molecule has 4 aromatic rings. The molecule has 7 rings (SSSR count). The van der Waals surface area contributed by atoms with Crippen molar-refractivity contribution in [3.05, 3.63) is 84.0 Å². The fourth-order valence-electron chi connectivity index (χ4n) is 4.92. The Labute approximate surface area is 173 Å². The third-order valence-electron chi connectivity index (χ3n) is 6.86. The van der Waals surface area contributed by atoms with Crippen molar-refractivity contribution in [2.45, 2.75) is 31.2 Å². The van der Waals surface area contributed by atoms with E-state index in [1.165, 1.54) is 24.8 Å². The summed E-state index contributed by atoms with van der Waals surface area (Å²) in [6.07, 6.45) is 9.48. The molecule has 0 unspecified atom stereocenters. The lowest BCUT2D eigenvalue weighted by molar-refractivity contribution is 0.568. The third kappa shape index (κ3) is 2.13. The van der Waals surface area contributed by atoms with Crippen LogP contribution in [0.15, 0.2) is 70.9 Å². The summed E-state index contributed by atoms with van der Waals surface area (Å²) in [5.41, 5.74) is 7.67. The van der Waals surface area contributed by atoms with Crippen molar-refractivity contribution in [2.24, 2.45) is 10.9 Å². The number of oxazole rings is 1. The molecule has 2 aliphatic carbocycles. The SMILES string of the molecule is C[C@H]1N=C(c2ccccn2)c2cc(C34CC3C4)ccc2-n2cnc(-c3cnco3)c21.